The van der Waals surface area contributed by atoms with Gasteiger partial charge >= 0.3 is 12.1 Å². The summed E-state index contributed by atoms with van der Waals surface area (Å²) in [5, 5.41) is 9.04. The van der Waals surface area contributed by atoms with Crippen LogP contribution in [0.2, 0.25) is 0 Å². The number of hydrogen-bond donors (Lipinski definition) is 2. The van der Waals surface area contributed by atoms with Crippen molar-refractivity contribution in [3.63, 3.8) is 0 Å². The number of nitrogens with one attached hydrogen (secondary N) is 1. The molecule has 0 saturated carbocycles. The van der Waals surface area contributed by atoms with E-state index in [1.54, 1.807) is 26.0 Å². The molecule has 0 heterocycles. The number of carboxylic acid groups (broad SMARTS) is 1. The summed E-state index contributed by atoms with van der Waals surface area (Å²) >= 11 is 0. The van der Waals surface area contributed by atoms with E-state index in [1.165, 1.54) is 0 Å². The highest BCUT2D eigenvalue weighted by molar-refractivity contribution is 7.89. The minimum atomic E-state index is -4.89. The largest absolute Gasteiger partial charge is 0.478 e. The molecule has 28 heavy (non-hydrogen) atoms. The van der Waals surface area contributed by atoms with Crippen LogP contribution >= 0.6 is 0 Å². The Morgan fingerprint density at radius 2 is 1.61 bits per heavy atom. The van der Waals surface area contributed by atoms with Crippen molar-refractivity contribution in [2.45, 2.75) is 43.8 Å². The highest BCUT2D eigenvalue weighted by Crippen LogP contribution is 2.32. The van der Waals surface area contributed by atoms with Gasteiger partial charge in [0.25, 0.3) is 0 Å². The first kappa shape index (κ1) is 21.9. The van der Waals surface area contributed by atoms with Gasteiger partial charge in [-0.25, -0.2) is 17.9 Å². The Balaban J connectivity index is 2.48. The third-order valence-electron chi connectivity index (χ3n) is 4.26. The number of aryl methyl sites for hydroxylation is 1. The van der Waals surface area contributed by atoms with Crippen LogP contribution in [0.5, 0.6) is 0 Å². The third-order valence-corrected chi connectivity index (χ3v) is 5.90. The zero-order chi connectivity index (χ0) is 21.3. The second-order valence-corrected chi connectivity index (χ2v) is 8.51. The van der Waals surface area contributed by atoms with Crippen LogP contribution < -0.4 is 4.72 Å². The smallest absolute Gasteiger partial charge is 0.416 e. The van der Waals surface area contributed by atoms with E-state index in [0.717, 1.165) is 12.0 Å². The van der Waals surface area contributed by atoms with Crippen LogP contribution in [0.1, 0.15) is 47.8 Å². The fraction of sp³-hybridized carbons (Fsp3) is 0.316. The Labute approximate surface area is 161 Å². The Morgan fingerprint density at radius 1 is 1.04 bits per heavy atom. The summed E-state index contributed by atoms with van der Waals surface area (Å²) in [6.45, 7) is 5.10. The molecule has 0 aliphatic heterocycles. The molecule has 0 radical (unpaired) electrons. The molecule has 9 heteroatoms. The van der Waals surface area contributed by atoms with Crippen molar-refractivity contribution in [1.29, 1.82) is 0 Å². The predicted octanol–water partition coefficient (Wildman–Crippen LogP) is 4.18. The van der Waals surface area contributed by atoms with Crippen LogP contribution in [-0.4, -0.2) is 19.5 Å². The molecule has 2 N–H and O–H groups in total. The number of hydrogen-bond acceptors (Lipinski definition) is 3. The molecule has 2 rings (SSSR count). The number of rotatable bonds is 6. The van der Waals surface area contributed by atoms with Gasteiger partial charge in [-0.3, -0.25) is 0 Å². The Morgan fingerprint density at radius 3 is 2.07 bits per heavy atom. The van der Waals surface area contributed by atoms with Gasteiger partial charge in [-0.05, 0) is 49.6 Å². The predicted molar refractivity (Wildman–Crippen MR) is 97.6 cm³/mol. The van der Waals surface area contributed by atoms with Gasteiger partial charge in [-0.15, -0.1) is 0 Å². The van der Waals surface area contributed by atoms with E-state index in [-0.39, 0.29) is 0 Å². The lowest BCUT2D eigenvalue weighted by atomic mass is 9.94. The Bertz CT molecular complexity index is 981. The van der Waals surface area contributed by atoms with E-state index >= 15 is 0 Å². The molecule has 0 aromatic heterocycles. The first-order valence-electron chi connectivity index (χ1n) is 8.35. The van der Waals surface area contributed by atoms with E-state index in [2.05, 4.69) is 4.72 Å². The summed E-state index contributed by atoms with van der Waals surface area (Å²) in [4.78, 5) is 10.4. The SMILES string of the molecule is CCc1ccc(C(C)(C)NS(=O)(=O)c2cc(C(=O)O)cc(C(F)(F)F)c2)cc1. The van der Waals surface area contributed by atoms with Crippen molar-refractivity contribution in [3.05, 3.63) is 64.7 Å². The number of carbonyl (C=O) groups is 1. The monoisotopic (exact) mass is 415 g/mol. The highest BCUT2D eigenvalue weighted by Gasteiger charge is 2.35. The van der Waals surface area contributed by atoms with Crippen LogP contribution in [0, 0.1) is 0 Å². The number of alkyl halides is 3. The minimum absolute atomic E-state index is 0.399. The molecule has 0 aliphatic rings. The highest BCUT2D eigenvalue weighted by atomic mass is 32.2. The van der Waals surface area contributed by atoms with Gasteiger partial charge in [0.2, 0.25) is 10.0 Å². The Kier molecular flexibility index (Phi) is 5.91. The maximum absolute atomic E-state index is 13.1. The van der Waals surface area contributed by atoms with Gasteiger partial charge in [-0.2, -0.15) is 13.2 Å². The van der Waals surface area contributed by atoms with Crippen molar-refractivity contribution in [2.24, 2.45) is 0 Å². The van der Waals surface area contributed by atoms with E-state index in [4.69, 9.17) is 5.11 Å². The zero-order valence-electron chi connectivity index (χ0n) is 15.5. The maximum atomic E-state index is 13.1. The molecule has 0 unspecified atom stereocenters. The maximum Gasteiger partial charge on any atom is 0.416 e. The van der Waals surface area contributed by atoms with E-state index in [9.17, 15) is 26.4 Å². The summed E-state index contributed by atoms with van der Waals surface area (Å²) < 4.78 is 67.0. The number of aromatic carboxylic acids is 1. The molecule has 0 bridgehead atoms. The quantitative estimate of drug-likeness (QED) is 0.742. The number of halogens is 3. The summed E-state index contributed by atoms with van der Waals surface area (Å²) in [5.41, 5.74) is -1.59. The molecule has 0 atom stereocenters. The lowest BCUT2D eigenvalue weighted by molar-refractivity contribution is -0.137. The molecule has 0 aliphatic carbocycles. The van der Waals surface area contributed by atoms with Crippen molar-refractivity contribution in [1.82, 2.24) is 4.72 Å². The van der Waals surface area contributed by atoms with Gasteiger partial charge in [0, 0.05) is 0 Å². The zero-order valence-corrected chi connectivity index (χ0v) is 16.3. The second-order valence-electron chi connectivity index (χ2n) is 6.83. The first-order valence-corrected chi connectivity index (χ1v) is 9.83. The summed E-state index contributed by atoms with van der Waals surface area (Å²) in [7, 11) is -4.43. The molecular weight excluding hydrogens is 395 g/mol. The molecule has 0 fully saturated rings. The topological polar surface area (TPSA) is 83.5 Å². The lowest BCUT2D eigenvalue weighted by Crippen LogP contribution is -2.41. The van der Waals surface area contributed by atoms with Crippen LogP contribution in [0.25, 0.3) is 0 Å². The molecule has 5 nitrogen and oxygen atoms in total. The number of carboxylic acids is 1. The Hall–Kier alpha value is -2.39. The number of sulfonamides is 1. The van der Waals surface area contributed by atoms with Gasteiger partial charge in [0.05, 0.1) is 21.6 Å². The molecular formula is C19H20F3NO4S. The molecule has 0 amide bonds. The van der Waals surface area contributed by atoms with E-state index in [0.29, 0.717) is 23.8 Å². The fourth-order valence-corrected chi connectivity index (χ4v) is 4.12. The second kappa shape index (κ2) is 7.56. The van der Waals surface area contributed by atoms with Crippen LogP contribution in [0.3, 0.4) is 0 Å². The fourth-order valence-electron chi connectivity index (χ4n) is 2.65. The van der Waals surface area contributed by atoms with Crippen molar-refractivity contribution in [3.8, 4) is 0 Å². The summed E-state index contributed by atoms with van der Waals surface area (Å²) in [5.74, 6) is -1.66. The first-order chi connectivity index (χ1) is 12.8. The van der Waals surface area contributed by atoms with E-state index in [1.807, 2.05) is 19.1 Å². The standard InChI is InChI=1S/C19H20F3NO4S/c1-4-12-5-7-14(8-6-12)18(2,3)23-28(26,27)16-10-13(17(24)25)9-15(11-16)19(20,21)22/h5-11,23H,4H2,1-3H3,(H,24,25). The van der Waals surface area contributed by atoms with Crippen molar-refractivity contribution >= 4 is 16.0 Å². The van der Waals surface area contributed by atoms with Crippen molar-refractivity contribution < 1.29 is 31.5 Å². The summed E-state index contributed by atoms with van der Waals surface area (Å²) in [6.07, 6.45) is -4.09. The van der Waals surface area contributed by atoms with Gasteiger partial charge < -0.3 is 5.11 Å². The average Bonchev–Trinajstić information content (AvgIpc) is 2.59. The minimum Gasteiger partial charge on any atom is -0.478 e. The van der Waals surface area contributed by atoms with Gasteiger partial charge in [0.15, 0.2) is 0 Å². The molecule has 2 aromatic carbocycles. The normalized spacial score (nSPS) is 12.8. The third kappa shape index (κ3) is 4.90. The molecule has 0 spiro atoms. The molecule has 0 saturated heterocycles. The van der Waals surface area contributed by atoms with Crippen LogP contribution in [0.4, 0.5) is 13.2 Å². The average molecular weight is 415 g/mol. The lowest BCUT2D eigenvalue weighted by Gasteiger charge is -2.27. The number of benzene rings is 2. The summed E-state index contributed by atoms with van der Waals surface area (Å²) in [6, 6.07) is 8.65. The van der Waals surface area contributed by atoms with Crippen LogP contribution in [-0.2, 0) is 28.2 Å². The molecule has 2 aromatic rings. The van der Waals surface area contributed by atoms with E-state index < -0.39 is 43.7 Å². The van der Waals surface area contributed by atoms with Crippen LogP contribution in [0.15, 0.2) is 47.4 Å². The molecule has 152 valence electrons. The van der Waals surface area contributed by atoms with Crippen molar-refractivity contribution in [2.75, 3.05) is 0 Å². The van der Waals surface area contributed by atoms with Gasteiger partial charge in [-0.1, -0.05) is 31.2 Å². The van der Waals surface area contributed by atoms with Gasteiger partial charge in [0.1, 0.15) is 0 Å².